The van der Waals surface area contributed by atoms with E-state index in [0.29, 0.717) is 23.4 Å². The van der Waals surface area contributed by atoms with Crippen molar-refractivity contribution in [3.05, 3.63) is 86.4 Å². The zero-order chi connectivity index (χ0) is 18.1. The molecule has 0 bridgehead atoms. The SMILES string of the molecule is N#Cc1ccc(C(=O)Nc2ccc3c(c2)C(c2ccoc2)=NC3)c(I)c1. The quantitative estimate of drug-likeness (QED) is 0.599. The Bertz CT molecular complexity index is 1080. The van der Waals surface area contributed by atoms with Gasteiger partial charge in [0.15, 0.2) is 0 Å². The lowest BCUT2D eigenvalue weighted by Crippen LogP contribution is -2.14. The fourth-order valence-electron chi connectivity index (χ4n) is 2.88. The van der Waals surface area contributed by atoms with Crippen LogP contribution in [0.5, 0.6) is 0 Å². The molecular weight excluding hydrogens is 441 g/mol. The molecule has 0 atom stereocenters. The van der Waals surface area contributed by atoms with Crippen LogP contribution in [0.15, 0.2) is 64.4 Å². The first-order valence-corrected chi connectivity index (χ1v) is 8.95. The zero-order valence-corrected chi connectivity index (χ0v) is 15.6. The molecule has 2 heterocycles. The van der Waals surface area contributed by atoms with Crippen molar-refractivity contribution in [2.45, 2.75) is 6.54 Å². The average Bonchev–Trinajstić information content (AvgIpc) is 3.30. The molecule has 0 radical (unpaired) electrons. The smallest absolute Gasteiger partial charge is 0.256 e. The van der Waals surface area contributed by atoms with Crippen LogP contribution in [0, 0.1) is 14.9 Å². The molecule has 1 aromatic heterocycles. The summed E-state index contributed by atoms with van der Waals surface area (Å²) in [7, 11) is 0. The van der Waals surface area contributed by atoms with Gasteiger partial charge in [0.1, 0.15) is 0 Å². The first-order chi connectivity index (χ1) is 12.7. The van der Waals surface area contributed by atoms with Crippen molar-refractivity contribution in [2.24, 2.45) is 4.99 Å². The number of aliphatic imine (C=N–C) groups is 1. The summed E-state index contributed by atoms with van der Waals surface area (Å²) in [6.45, 7) is 0.623. The van der Waals surface area contributed by atoms with E-state index in [0.717, 1.165) is 26.0 Å². The Morgan fingerprint density at radius 3 is 2.85 bits per heavy atom. The van der Waals surface area contributed by atoms with Crippen molar-refractivity contribution in [1.29, 1.82) is 5.26 Å². The third-order valence-corrected chi connectivity index (χ3v) is 5.06. The molecule has 0 spiro atoms. The standard InChI is InChI=1S/C20H12IN3O2/c21-18-7-12(9-22)1-4-16(18)20(25)24-15-3-2-13-10-23-19(17(13)8-15)14-5-6-26-11-14/h1-8,11H,10H2,(H,24,25). The average molecular weight is 453 g/mol. The summed E-state index contributed by atoms with van der Waals surface area (Å²) in [5.74, 6) is -0.210. The summed E-state index contributed by atoms with van der Waals surface area (Å²) in [4.78, 5) is 17.2. The molecule has 1 aliphatic rings. The van der Waals surface area contributed by atoms with Crippen molar-refractivity contribution in [3.8, 4) is 6.07 Å². The highest BCUT2D eigenvalue weighted by Crippen LogP contribution is 2.27. The summed E-state index contributed by atoms with van der Waals surface area (Å²) >= 11 is 2.07. The predicted octanol–water partition coefficient (Wildman–Crippen LogP) is 4.36. The molecule has 0 fully saturated rings. The number of carbonyl (C=O) groups excluding carboxylic acids is 1. The number of furan rings is 1. The van der Waals surface area contributed by atoms with Crippen molar-refractivity contribution in [3.63, 3.8) is 0 Å². The summed E-state index contributed by atoms with van der Waals surface area (Å²) in [6.07, 6.45) is 3.28. The van der Waals surface area contributed by atoms with E-state index in [1.165, 1.54) is 0 Å². The predicted molar refractivity (Wildman–Crippen MR) is 106 cm³/mol. The number of halogens is 1. The van der Waals surface area contributed by atoms with E-state index in [1.807, 2.05) is 24.3 Å². The number of anilines is 1. The Kier molecular flexibility index (Phi) is 4.31. The maximum atomic E-state index is 12.6. The van der Waals surface area contributed by atoms with Crippen molar-refractivity contribution < 1.29 is 9.21 Å². The third-order valence-electron chi connectivity index (χ3n) is 4.17. The van der Waals surface area contributed by atoms with Gasteiger partial charge in [-0.2, -0.15) is 5.26 Å². The monoisotopic (exact) mass is 453 g/mol. The first-order valence-electron chi connectivity index (χ1n) is 7.87. The number of nitriles is 1. The second-order valence-electron chi connectivity index (χ2n) is 5.81. The lowest BCUT2D eigenvalue weighted by Gasteiger charge is -2.09. The minimum Gasteiger partial charge on any atom is -0.472 e. The van der Waals surface area contributed by atoms with Gasteiger partial charge in [-0.15, -0.1) is 0 Å². The molecule has 6 heteroatoms. The molecule has 4 rings (SSSR count). The van der Waals surface area contributed by atoms with Crippen LogP contribution in [0.1, 0.15) is 32.6 Å². The second-order valence-corrected chi connectivity index (χ2v) is 6.97. The maximum absolute atomic E-state index is 12.6. The van der Waals surface area contributed by atoms with Gasteiger partial charge in [-0.1, -0.05) is 6.07 Å². The van der Waals surface area contributed by atoms with E-state index in [-0.39, 0.29) is 5.91 Å². The van der Waals surface area contributed by atoms with E-state index >= 15 is 0 Å². The Morgan fingerprint density at radius 1 is 1.23 bits per heavy atom. The van der Waals surface area contributed by atoms with Gasteiger partial charge in [0.2, 0.25) is 0 Å². The van der Waals surface area contributed by atoms with Gasteiger partial charge in [-0.3, -0.25) is 9.79 Å². The fourth-order valence-corrected chi connectivity index (χ4v) is 3.64. The van der Waals surface area contributed by atoms with Crippen LogP contribution < -0.4 is 5.32 Å². The molecule has 126 valence electrons. The van der Waals surface area contributed by atoms with Crippen LogP contribution in [-0.4, -0.2) is 11.6 Å². The lowest BCUT2D eigenvalue weighted by atomic mass is 10.0. The number of nitrogens with one attached hydrogen (secondary N) is 1. The molecule has 1 aliphatic heterocycles. The van der Waals surface area contributed by atoms with Gasteiger partial charge in [0.05, 0.1) is 42.0 Å². The first kappa shape index (κ1) is 16.5. The minimum atomic E-state index is -0.210. The second kappa shape index (κ2) is 6.77. The number of rotatable bonds is 3. The van der Waals surface area contributed by atoms with Crippen LogP contribution in [0.4, 0.5) is 5.69 Å². The molecular formula is C20H12IN3O2. The number of hydrogen-bond acceptors (Lipinski definition) is 4. The third kappa shape index (κ3) is 3.02. The normalized spacial score (nSPS) is 12.2. The highest BCUT2D eigenvalue weighted by molar-refractivity contribution is 14.1. The van der Waals surface area contributed by atoms with Crippen LogP contribution in [-0.2, 0) is 6.54 Å². The van der Waals surface area contributed by atoms with Gasteiger partial charge in [-0.05, 0) is 64.6 Å². The van der Waals surface area contributed by atoms with Crippen LogP contribution in [0.3, 0.4) is 0 Å². The van der Waals surface area contributed by atoms with Crippen molar-refractivity contribution in [1.82, 2.24) is 0 Å². The largest absolute Gasteiger partial charge is 0.472 e. The van der Waals surface area contributed by atoms with E-state index in [4.69, 9.17) is 9.68 Å². The summed E-state index contributed by atoms with van der Waals surface area (Å²) in [5, 5.41) is 11.9. The van der Waals surface area contributed by atoms with Crippen molar-refractivity contribution >= 4 is 39.9 Å². The molecule has 3 aromatic rings. The van der Waals surface area contributed by atoms with E-state index < -0.39 is 0 Å². The maximum Gasteiger partial charge on any atom is 0.256 e. The van der Waals surface area contributed by atoms with E-state index in [1.54, 1.807) is 30.7 Å². The summed E-state index contributed by atoms with van der Waals surface area (Å²) in [5.41, 5.74) is 5.68. The van der Waals surface area contributed by atoms with Gasteiger partial charge in [0.25, 0.3) is 5.91 Å². The van der Waals surface area contributed by atoms with Crippen LogP contribution >= 0.6 is 22.6 Å². The number of hydrogen-bond donors (Lipinski definition) is 1. The Balaban J connectivity index is 1.61. The Morgan fingerprint density at radius 2 is 2.12 bits per heavy atom. The van der Waals surface area contributed by atoms with Crippen molar-refractivity contribution in [2.75, 3.05) is 5.32 Å². The van der Waals surface area contributed by atoms with E-state index in [2.05, 4.69) is 39.0 Å². The van der Waals surface area contributed by atoms with Crippen LogP contribution in [0.2, 0.25) is 0 Å². The lowest BCUT2D eigenvalue weighted by molar-refractivity contribution is 0.102. The molecule has 0 saturated carbocycles. The van der Waals surface area contributed by atoms with E-state index in [9.17, 15) is 4.79 Å². The van der Waals surface area contributed by atoms with Crippen LogP contribution in [0.25, 0.3) is 0 Å². The topological polar surface area (TPSA) is 78.4 Å². The molecule has 26 heavy (non-hydrogen) atoms. The molecule has 0 saturated heterocycles. The molecule has 1 N–H and O–H groups in total. The Labute approximate surface area is 163 Å². The number of amides is 1. The molecule has 0 aliphatic carbocycles. The van der Waals surface area contributed by atoms with Gasteiger partial charge < -0.3 is 9.73 Å². The summed E-state index contributed by atoms with van der Waals surface area (Å²) < 4.78 is 5.89. The van der Waals surface area contributed by atoms with Gasteiger partial charge >= 0.3 is 0 Å². The highest BCUT2D eigenvalue weighted by atomic mass is 127. The number of carbonyl (C=O) groups is 1. The minimum absolute atomic E-state index is 0.210. The van der Waals surface area contributed by atoms with Gasteiger partial charge in [-0.25, -0.2) is 0 Å². The Hall–Kier alpha value is -2.92. The van der Waals surface area contributed by atoms with Gasteiger partial charge in [0, 0.05) is 20.4 Å². The molecule has 2 aromatic carbocycles. The molecule has 0 unspecified atom stereocenters. The highest BCUT2D eigenvalue weighted by Gasteiger charge is 2.19. The fraction of sp³-hybridized carbons (Fsp3) is 0.0500. The zero-order valence-electron chi connectivity index (χ0n) is 13.5. The number of nitrogens with zero attached hydrogens (tertiary/aromatic N) is 2. The summed E-state index contributed by atoms with van der Waals surface area (Å²) in [6, 6.07) is 14.7. The number of fused-ring (bicyclic) bond motifs is 1. The number of benzene rings is 2. The molecule has 1 amide bonds. The molecule has 5 nitrogen and oxygen atoms in total.